The Bertz CT molecular complexity index is 554. The Hall–Kier alpha value is -2.29. The number of benzene rings is 1. The number of methoxy groups -OCH3 is 1. The second-order valence-electron chi connectivity index (χ2n) is 4.22. The average Bonchev–Trinajstić information content (AvgIpc) is 2.39. The molecule has 1 rings (SSSR count). The largest absolute Gasteiger partial charge is 0.496 e. The van der Waals surface area contributed by atoms with E-state index in [1.54, 1.807) is 19.3 Å². The number of aldehydes is 1. The molecule has 0 aromatic heterocycles. The van der Waals surface area contributed by atoms with Gasteiger partial charge in [0.25, 0.3) is 0 Å². The van der Waals surface area contributed by atoms with Crippen LogP contribution in [0.5, 0.6) is 5.75 Å². The van der Waals surface area contributed by atoms with Crippen molar-refractivity contribution >= 4 is 11.9 Å². The number of ether oxygens (including phenoxy) is 1. The summed E-state index contributed by atoms with van der Waals surface area (Å²) in [5.74, 6) is 0.725. The van der Waals surface area contributed by atoms with Gasteiger partial charge in [-0.2, -0.15) is 0 Å². The van der Waals surface area contributed by atoms with Gasteiger partial charge in [-0.25, -0.2) is 0 Å². The van der Waals surface area contributed by atoms with Crippen LogP contribution in [0.2, 0.25) is 0 Å². The summed E-state index contributed by atoms with van der Waals surface area (Å²) >= 11 is 0. The molecule has 0 radical (unpaired) electrons. The standard InChI is InChI=1S/C16H19NO2/c1-5-6-15(17)14(10-18)12(3)13-8-7-11(2)9-16(13)19-4/h5-10H,1,17H2,2-4H3/b14-12+,15-6-. The molecule has 1 aromatic carbocycles. The van der Waals surface area contributed by atoms with Gasteiger partial charge in [0.1, 0.15) is 5.75 Å². The van der Waals surface area contributed by atoms with Crippen molar-refractivity contribution in [3.63, 3.8) is 0 Å². The van der Waals surface area contributed by atoms with Crippen molar-refractivity contribution in [2.24, 2.45) is 5.73 Å². The summed E-state index contributed by atoms with van der Waals surface area (Å²) in [6.07, 6.45) is 3.91. The number of nitrogens with two attached hydrogens (primary N) is 1. The summed E-state index contributed by atoms with van der Waals surface area (Å²) < 4.78 is 5.35. The number of rotatable bonds is 5. The molecule has 0 heterocycles. The molecule has 0 amide bonds. The second kappa shape index (κ2) is 6.59. The highest BCUT2D eigenvalue weighted by molar-refractivity contribution is 5.93. The van der Waals surface area contributed by atoms with Gasteiger partial charge in [-0.1, -0.05) is 24.8 Å². The van der Waals surface area contributed by atoms with Crippen molar-refractivity contribution in [2.45, 2.75) is 13.8 Å². The molecule has 0 unspecified atom stereocenters. The van der Waals surface area contributed by atoms with E-state index in [9.17, 15) is 4.79 Å². The van der Waals surface area contributed by atoms with Gasteiger partial charge >= 0.3 is 0 Å². The lowest BCUT2D eigenvalue weighted by Crippen LogP contribution is -2.05. The summed E-state index contributed by atoms with van der Waals surface area (Å²) in [6.45, 7) is 7.41. The molecule has 19 heavy (non-hydrogen) atoms. The lowest BCUT2D eigenvalue weighted by Gasteiger charge is -2.12. The van der Waals surface area contributed by atoms with E-state index in [2.05, 4.69) is 6.58 Å². The minimum atomic E-state index is 0.394. The van der Waals surface area contributed by atoms with E-state index in [1.807, 2.05) is 32.0 Å². The molecule has 0 saturated carbocycles. The van der Waals surface area contributed by atoms with Gasteiger partial charge in [-0.15, -0.1) is 0 Å². The molecule has 3 nitrogen and oxygen atoms in total. The number of carbonyl (C=O) groups excluding carboxylic acids is 1. The highest BCUT2D eigenvalue weighted by Crippen LogP contribution is 2.29. The highest BCUT2D eigenvalue weighted by atomic mass is 16.5. The Kier molecular flexibility index (Phi) is 5.12. The van der Waals surface area contributed by atoms with Crippen LogP contribution in [0.25, 0.3) is 5.57 Å². The summed E-state index contributed by atoms with van der Waals surface area (Å²) in [6, 6.07) is 5.82. The molecule has 0 fully saturated rings. The Balaban J connectivity index is 3.45. The molecule has 0 atom stereocenters. The first-order chi connectivity index (χ1) is 9.04. The number of hydrogen-bond donors (Lipinski definition) is 1. The monoisotopic (exact) mass is 257 g/mol. The van der Waals surface area contributed by atoms with Crippen LogP contribution >= 0.6 is 0 Å². The van der Waals surface area contributed by atoms with Crippen LogP contribution in [0, 0.1) is 6.92 Å². The highest BCUT2D eigenvalue weighted by Gasteiger charge is 2.11. The fraction of sp³-hybridized carbons (Fsp3) is 0.188. The normalized spacial score (nSPS) is 12.7. The van der Waals surface area contributed by atoms with E-state index in [0.717, 1.165) is 28.7 Å². The summed E-state index contributed by atoms with van der Waals surface area (Å²) in [5, 5.41) is 0. The summed E-state index contributed by atoms with van der Waals surface area (Å²) in [5.41, 5.74) is 9.43. The SMILES string of the molecule is C=C/C=C(N)/C(C=O)=C(\C)c1ccc(C)cc1OC. The Morgan fingerprint density at radius 1 is 1.42 bits per heavy atom. The fourth-order valence-corrected chi connectivity index (χ4v) is 1.84. The third-order valence-electron chi connectivity index (χ3n) is 2.89. The Morgan fingerprint density at radius 2 is 2.11 bits per heavy atom. The fourth-order valence-electron chi connectivity index (χ4n) is 1.84. The van der Waals surface area contributed by atoms with E-state index in [4.69, 9.17) is 10.5 Å². The minimum Gasteiger partial charge on any atom is -0.496 e. The van der Waals surface area contributed by atoms with Crippen LogP contribution in [-0.2, 0) is 4.79 Å². The molecule has 0 aliphatic carbocycles. The van der Waals surface area contributed by atoms with Gasteiger partial charge in [0.2, 0.25) is 0 Å². The van der Waals surface area contributed by atoms with Gasteiger partial charge in [0, 0.05) is 16.8 Å². The first kappa shape index (κ1) is 14.8. The lowest BCUT2D eigenvalue weighted by molar-refractivity contribution is -0.104. The number of aryl methyl sites for hydroxylation is 1. The zero-order chi connectivity index (χ0) is 14.4. The Morgan fingerprint density at radius 3 is 2.63 bits per heavy atom. The van der Waals surface area contributed by atoms with Crippen molar-refractivity contribution in [3.8, 4) is 5.75 Å². The van der Waals surface area contributed by atoms with Crippen molar-refractivity contribution < 1.29 is 9.53 Å². The van der Waals surface area contributed by atoms with Crippen LogP contribution in [0.3, 0.4) is 0 Å². The second-order valence-corrected chi connectivity index (χ2v) is 4.22. The van der Waals surface area contributed by atoms with Crippen LogP contribution in [0.4, 0.5) is 0 Å². The molecule has 0 spiro atoms. The molecule has 3 heteroatoms. The molecule has 0 bridgehead atoms. The van der Waals surface area contributed by atoms with E-state index in [1.165, 1.54) is 0 Å². The quantitative estimate of drug-likeness (QED) is 0.501. The molecule has 0 saturated heterocycles. The number of hydrogen-bond acceptors (Lipinski definition) is 3. The Labute approximate surface area is 114 Å². The zero-order valence-electron chi connectivity index (χ0n) is 11.6. The van der Waals surface area contributed by atoms with Crippen molar-refractivity contribution in [1.29, 1.82) is 0 Å². The van der Waals surface area contributed by atoms with E-state index >= 15 is 0 Å². The van der Waals surface area contributed by atoms with Gasteiger partial charge in [0.05, 0.1) is 7.11 Å². The van der Waals surface area contributed by atoms with Gasteiger partial charge in [-0.05, 0) is 37.1 Å². The molecular weight excluding hydrogens is 238 g/mol. The molecule has 2 N–H and O–H groups in total. The third-order valence-corrected chi connectivity index (χ3v) is 2.89. The molecular formula is C16H19NO2. The summed E-state index contributed by atoms with van der Waals surface area (Å²) in [4.78, 5) is 11.2. The zero-order valence-corrected chi connectivity index (χ0v) is 11.6. The topological polar surface area (TPSA) is 52.3 Å². The van der Waals surface area contributed by atoms with Crippen LogP contribution < -0.4 is 10.5 Å². The maximum Gasteiger partial charge on any atom is 0.152 e. The van der Waals surface area contributed by atoms with Gasteiger partial charge in [0.15, 0.2) is 6.29 Å². The first-order valence-corrected chi connectivity index (χ1v) is 5.94. The van der Waals surface area contributed by atoms with E-state index in [-0.39, 0.29) is 0 Å². The molecule has 0 aliphatic rings. The van der Waals surface area contributed by atoms with Crippen molar-refractivity contribution in [3.05, 3.63) is 59.3 Å². The lowest BCUT2D eigenvalue weighted by atomic mass is 9.98. The maximum atomic E-state index is 11.2. The number of carbonyl (C=O) groups is 1. The predicted molar refractivity (Wildman–Crippen MR) is 78.9 cm³/mol. The van der Waals surface area contributed by atoms with Crippen molar-refractivity contribution in [1.82, 2.24) is 0 Å². The molecule has 1 aromatic rings. The van der Waals surface area contributed by atoms with Crippen LogP contribution in [0.15, 0.2) is 48.2 Å². The molecule has 100 valence electrons. The van der Waals surface area contributed by atoms with Crippen molar-refractivity contribution in [2.75, 3.05) is 7.11 Å². The van der Waals surface area contributed by atoms with E-state index < -0.39 is 0 Å². The van der Waals surface area contributed by atoms with E-state index in [0.29, 0.717) is 11.3 Å². The summed E-state index contributed by atoms with van der Waals surface area (Å²) in [7, 11) is 1.61. The number of allylic oxidation sites excluding steroid dienone is 4. The first-order valence-electron chi connectivity index (χ1n) is 5.94. The van der Waals surface area contributed by atoms with Gasteiger partial charge < -0.3 is 10.5 Å². The van der Waals surface area contributed by atoms with Crippen LogP contribution in [-0.4, -0.2) is 13.4 Å². The van der Waals surface area contributed by atoms with Gasteiger partial charge in [-0.3, -0.25) is 4.79 Å². The third kappa shape index (κ3) is 3.35. The predicted octanol–water partition coefficient (Wildman–Crippen LogP) is 3.00. The minimum absolute atomic E-state index is 0.394. The average molecular weight is 257 g/mol. The van der Waals surface area contributed by atoms with Crippen LogP contribution in [0.1, 0.15) is 18.1 Å². The maximum absolute atomic E-state index is 11.2. The molecule has 0 aliphatic heterocycles. The smallest absolute Gasteiger partial charge is 0.152 e.